The largest absolute Gasteiger partial charge is 0.396 e. The zero-order valence-corrected chi connectivity index (χ0v) is 23.7. The Morgan fingerprint density at radius 3 is 2.56 bits per heavy atom. The number of unbranched alkanes of at least 4 members (excludes halogenated alkanes) is 2. The van der Waals surface area contributed by atoms with Crippen LogP contribution in [0, 0.1) is 11.8 Å². The number of ether oxygens (including phenoxy) is 1. The predicted octanol–water partition coefficient (Wildman–Crippen LogP) is 1.40. The Morgan fingerprint density at radius 2 is 1.82 bits per heavy atom. The number of thioether (sulfide) groups is 1. The SMILES string of the molecule is C[C@]12CCC3(S1)C(C(=O)NCCN1CCOCC1)N(CCCCCO)C(=O)[C@@H]3[C@H]2C(=O)NCc1ccccc1. The maximum Gasteiger partial charge on any atom is 0.244 e. The molecule has 214 valence electrons. The number of aliphatic hydroxyl groups excluding tert-OH is 1. The molecule has 0 radical (unpaired) electrons. The van der Waals surface area contributed by atoms with Crippen LogP contribution in [-0.2, 0) is 25.7 Å². The number of fused-ring (bicyclic) bond motifs is 1. The molecule has 5 atom stereocenters. The van der Waals surface area contributed by atoms with Crippen molar-refractivity contribution in [1.82, 2.24) is 20.4 Å². The third-order valence-electron chi connectivity index (χ3n) is 9.01. The number of amides is 3. The first-order valence-electron chi connectivity index (χ1n) is 14.4. The Bertz CT molecular complexity index is 1040. The Hall–Kier alpha value is -2.14. The van der Waals surface area contributed by atoms with Crippen LogP contribution >= 0.6 is 11.8 Å². The molecule has 0 saturated carbocycles. The molecule has 4 heterocycles. The van der Waals surface area contributed by atoms with E-state index in [4.69, 9.17) is 4.74 Å². The van der Waals surface area contributed by atoms with E-state index in [1.54, 1.807) is 16.7 Å². The van der Waals surface area contributed by atoms with Crippen molar-refractivity contribution < 1.29 is 24.2 Å². The molecule has 3 amide bonds. The van der Waals surface area contributed by atoms with Crippen molar-refractivity contribution in [3.8, 4) is 0 Å². The molecule has 4 fully saturated rings. The van der Waals surface area contributed by atoms with Crippen LogP contribution in [0.15, 0.2) is 30.3 Å². The number of benzene rings is 1. The van der Waals surface area contributed by atoms with Crippen molar-refractivity contribution in [2.45, 2.75) is 61.1 Å². The number of hydrogen-bond donors (Lipinski definition) is 3. The quantitative estimate of drug-likeness (QED) is 0.333. The van der Waals surface area contributed by atoms with Gasteiger partial charge < -0.3 is 25.4 Å². The molecule has 9 nitrogen and oxygen atoms in total. The van der Waals surface area contributed by atoms with Crippen LogP contribution in [0.4, 0.5) is 0 Å². The predicted molar refractivity (Wildman–Crippen MR) is 150 cm³/mol. The van der Waals surface area contributed by atoms with Crippen molar-refractivity contribution in [1.29, 1.82) is 0 Å². The summed E-state index contributed by atoms with van der Waals surface area (Å²) in [4.78, 5) is 45.7. The van der Waals surface area contributed by atoms with Gasteiger partial charge in [0.15, 0.2) is 0 Å². The number of aliphatic hydroxyl groups is 1. The van der Waals surface area contributed by atoms with Gasteiger partial charge in [-0.05, 0) is 44.6 Å². The highest BCUT2D eigenvalue weighted by atomic mass is 32.2. The summed E-state index contributed by atoms with van der Waals surface area (Å²) in [6, 6.07) is 9.20. The van der Waals surface area contributed by atoms with E-state index in [9.17, 15) is 19.5 Å². The number of likely N-dealkylation sites (tertiary alicyclic amines) is 1. The minimum Gasteiger partial charge on any atom is -0.396 e. The van der Waals surface area contributed by atoms with E-state index in [0.29, 0.717) is 39.3 Å². The maximum absolute atomic E-state index is 14.1. The molecular weight excluding hydrogens is 516 g/mol. The first kappa shape index (κ1) is 28.4. The lowest BCUT2D eigenvalue weighted by Crippen LogP contribution is -2.55. The van der Waals surface area contributed by atoms with Crippen molar-refractivity contribution in [3.63, 3.8) is 0 Å². The summed E-state index contributed by atoms with van der Waals surface area (Å²) in [6.45, 7) is 7.50. The van der Waals surface area contributed by atoms with Gasteiger partial charge in [0.2, 0.25) is 17.7 Å². The summed E-state index contributed by atoms with van der Waals surface area (Å²) in [7, 11) is 0. The van der Waals surface area contributed by atoms with Gasteiger partial charge in [-0.3, -0.25) is 19.3 Å². The summed E-state index contributed by atoms with van der Waals surface area (Å²) < 4.78 is 4.45. The van der Waals surface area contributed by atoms with Crippen molar-refractivity contribution in [2.24, 2.45) is 11.8 Å². The number of morpholine rings is 1. The zero-order chi connectivity index (χ0) is 27.5. The average Bonchev–Trinajstić information content (AvgIpc) is 3.51. The standard InChI is InChI=1S/C29H42N4O5S/c1-28-10-11-29(39-28)23(22(28)25(35)31-20-21-8-4-2-5-9-21)27(37)33(13-6-3-7-17-34)24(29)26(36)30-12-14-32-15-18-38-19-16-32/h2,4-5,8-9,22-24,34H,3,6-7,10-20H2,1H3,(H,30,36)(H,31,35)/t22-,23-,24?,28+,29?/m0/s1. The summed E-state index contributed by atoms with van der Waals surface area (Å²) >= 11 is 1.71. The first-order valence-corrected chi connectivity index (χ1v) is 15.2. The molecule has 2 unspecified atom stereocenters. The van der Waals surface area contributed by atoms with Gasteiger partial charge in [-0.2, -0.15) is 0 Å². The van der Waals surface area contributed by atoms with Gasteiger partial charge in [-0.15, -0.1) is 11.8 Å². The summed E-state index contributed by atoms with van der Waals surface area (Å²) in [5.41, 5.74) is 1.02. The molecule has 3 N–H and O–H groups in total. The normalized spacial score (nSPS) is 31.9. The maximum atomic E-state index is 14.1. The molecular formula is C29H42N4O5S. The van der Waals surface area contributed by atoms with Crippen LogP contribution in [0.3, 0.4) is 0 Å². The van der Waals surface area contributed by atoms with Gasteiger partial charge in [0, 0.05) is 50.6 Å². The van der Waals surface area contributed by atoms with E-state index >= 15 is 0 Å². The van der Waals surface area contributed by atoms with Crippen LogP contribution in [-0.4, -0.2) is 101 Å². The van der Waals surface area contributed by atoms with Crippen molar-refractivity contribution in [3.05, 3.63) is 35.9 Å². The number of carbonyl (C=O) groups excluding carboxylic acids is 3. The fourth-order valence-corrected chi connectivity index (χ4v) is 9.45. The lowest BCUT2D eigenvalue weighted by atomic mass is 9.66. The van der Waals surface area contributed by atoms with Crippen LogP contribution in [0.5, 0.6) is 0 Å². The van der Waals surface area contributed by atoms with Crippen LogP contribution in [0.1, 0.15) is 44.6 Å². The molecule has 4 saturated heterocycles. The van der Waals surface area contributed by atoms with E-state index < -0.39 is 22.6 Å². The first-order chi connectivity index (χ1) is 18.9. The topological polar surface area (TPSA) is 111 Å². The zero-order valence-electron chi connectivity index (χ0n) is 22.9. The summed E-state index contributed by atoms with van der Waals surface area (Å²) in [5.74, 6) is -1.25. The van der Waals surface area contributed by atoms with Gasteiger partial charge in [-0.25, -0.2) is 0 Å². The van der Waals surface area contributed by atoms with Gasteiger partial charge >= 0.3 is 0 Å². The molecule has 39 heavy (non-hydrogen) atoms. The number of nitrogens with one attached hydrogen (secondary N) is 2. The fourth-order valence-electron chi connectivity index (χ4n) is 7.09. The number of carbonyl (C=O) groups is 3. The lowest BCUT2D eigenvalue weighted by molar-refractivity contribution is -0.140. The highest BCUT2D eigenvalue weighted by Gasteiger charge is 2.76. The van der Waals surface area contributed by atoms with Gasteiger partial charge in [0.05, 0.1) is 29.8 Å². The Balaban J connectivity index is 1.33. The molecule has 4 aliphatic rings. The highest BCUT2D eigenvalue weighted by Crippen LogP contribution is 2.71. The smallest absolute Gasteiger partial charge is 0.244 e. The van der Waals surface area contributed by atoms with E-state index in [1.165, 1.54) is 0 Å². The minimum atomic E-state index is -0.597. The highest BCUT2D eigenvalue weighted by molar-refractivity contribution is 8.02. The second-order valence-corrected chi connectivity index (χ2v) is 13.4. The summed E-state index contributed by atoms with van der Waals surface area (Å²) in [6.07, 6.45) is 3.74. The van der Waals surface area contributed by atoms with E-state index in [2.05, 4.69) is 22.5 Å². The molecule has 4 aliphatic heterocycles. The molecule has 1 spiro atoms. The Labute approximate surface area is 235 Å². The Kier molecular flexibility index (Phi) is 8.85. The second kappa shape index (κ2) is 12.2. The molecule has 10 heteroatoms. The van der Waals surface area contributed by atoms with Gasteiger partial charge in [0.25, 0.3) is 0 Å². The second-order valence-electron chi connectivity index (χ2n) is 11.5. The van der Waals surface area contributed by atoms with E-state index in [-0.39, 0.29) is 29.1 Å². The average molecular weight is 559 g/mol. The molecule has 5 rings (SSSR count). The van der Waals surface area contributed by atoms with E-state index in [0.717, 1.165) is 50.9 Å². The number of hydrogen-bond acceptors (Lipinski definition) is 7. The molecule has 0 aliphatic carbocycles. The molecule has 2 bridgehead atoms. The number of nitrogens with zero attached hydrogens (tertiary/aromatic N) is 2. The Morgan fingerprint density at radius 1 is 1.05 bits per heavy atom. The number of rotatable bonds is 12. The molecule has 0 aromatic heterocycles. The van der Waals surface area contributed by atoms with Crippen LogP contribution in [0.25, 0.3) is 0 Å². The third kappa shape index (κ3) is 5.58. The van der Waals surface area contributed by atoms with Crippen molar-refractivity contribution >= 4 is 29.5 Å². The fraction of sp³-hybridized carbons (Fsp3) is 0.690. The van der Waals surface area contributed by atoms with Crippen molar-refractivity contribution in [2.75, 3.05) is 52.5 Å². The van der Waals surface area contributed by atoms with Crippen LogP contribution in [0.2, 0.25) is 0 Å². The van der Waals surface area contributed by atoms with Crippen LogP contribution < -0.4 is 10.6 Å². The minimum absolute atomic E-state index is 0.0666. The summed E-state index contributed by atoms with van der Waals surface area (Å²) in [5, 5.41) is 15.5. The molecule has 1 aromatic rings. The van der Waals surface area contributed by atoms with Gasteiger partial charge in [-0.1, -0.05) is 30.3 Å². The lowest BCUT2D eigenvalue weighted by Gasteiger charge is -2.35. The molecule has 1 aromatic carbocycles. The third-order valence-corrected chi connectivity index (χ3v) is 11.0. The van der Waals surface area contributed by atoms with E-state index in [1.807, 2.05) is 30.3 Å². The van der Waals surface area contributed by atoms with Gasteiger partial charge in [0.1, 0.15) is 6.04 Å². The monoisotopic (exact) mass is 558 g/mol.